The molecular weight excluding hydrogens is 1210 g/mol. The Bertz CT molecular complexity index is 1990. The molecule has 0 amide bonds. The van der Waals surface area contributed by atoms with Crippen molar-refractivity contribution in [1.29, 1.82) is 0 Å². The average molecular weight is 1340 g/mol. The summed E-state index contributed by atoms with van der Waals surface area (Å²) in [6.07, 6.45) is 62.2. The number of phosphoric acid groups is 2. The fourth-order valence-corrected chi connectivity index (χ4v) is 11.4. The van der Waals surface area contributed by atoms with Crippen LogP contribution in [0.4, 0.5) is 0 Å². The first kappa shape index (κ1) is 88.8. The van der Waals surface area contributed by atoms with E-state index in [1.54, 1.807) is 0 Å². The number of hydrogen-bond donors (Lipinski definition) is 3. The van der Waals surface area contributed by atoms with Crippen molar-refractivity contribution < 1.29 is 80.2 Å². The van der Waals surface area contributed by atoms with Crippen molar-refractivity contribution in [2.24, 2.45) is 0 Å². The summed E-state index contributed by atoms with van der Waals surface area (Å²) in [5, 5.41) is 10.6. The number of allylic oxidation sites excluding steroid dienone is 10. The van der Waals surface area contributed by atoms with Crippen molar-refractivity contribution in [2.45, 2.75) is 341 Å². The number of ether oxygens (including phenoxy) is 4. The molecule has 92 heavy (non-hydrogen) atoms. The molecule has 0 aromatic heterocycles. The van der Waals surface area contributed by atoms with Gasteiger partial charge in [0.15, 0.2) is 12.2 Å². The molecule has 0 heterocycles. The second-order valence-electron chi connectivity index (χ2n) is 24.5. The van der Waals surface area contributed by atoms with E-state index < -0.39 is 97.5 Å². The first-order valence-corrected chi connectivity index (χ1v) is 39.5. The lowest BCUT2D eigenvalue weighted by Crippen LogP contribution is -2.30. The van der Waals surface area contributed by atoms with Gasteiger partial charge in [-0.1, -0.05) is 255 Å². The molecule has 536 valence electrons. The van der Waals surface area contributed by atoms with Crippen LogP contribution >= 0.6 is 15.6 Å². The summed E-state index contributed by atoms with van der Waals surface area (Å²) < 4.78 is 68.3. The molecule has 0 aliphatic carbocycles. The van der Waals surface area contributed by atoms with Crippen molar-refractivity contribution in [1.82, 2.24) is 0 Å². The summed E-state index contributed by atoms with van der Waals surface area (Å²) in [4.78, 5) is 72.6. The maximum absolute atomic E-state index is 13.0. The monoisotopic (exact) mass is 1340 g/mol. The molecule has 0 fully saturated rings. The Kier molecular flexibility index (Phi) is 64.0. The molecule has 19 heteroatoms. The Morgan fingerprint density at radius 2 is 0.554 bits per heavy atom. The Morgan fingerprint density at radius 1 is 0.304 bits per heavy atom. The topological polar surface area (TPSA) is 237 Å². The van der Waals surface area contributed by atoms with Gasteiger partial charge in [0, 0.05) is 25.7 Å². The Morgan fingerprint density at radius 3 is 0.859 bits per heavy atom. The minimum absolute atomic E-state index is 0.0805. The Balaban J connectivity index is 5.31. The van der Waals surface area contributed by atoms with Gasteiger partial charge in [0.25, 0.3) is 0 Å². The van der Waals surface area contributed by atoms with Crippen LogP contribution in [0.1, 0.15) is 323 Å². The van der Waals surface area contributed by atoms with E-state index in [0.717, 1.165) is 167 Å². The van der Waals surface area contributed by atoms with E-state index >= 15 is 0 Å². The number of aliphatic hydroxyl groups is 1. The second-order valence-corrected chi connectivity index (χ2v) is 27.4. The molecular formula is C73H132O17P2. The lowest BCUT2D eigenvalue weighted by atomic mass is 10.1. The van der Waals surface area contributed by atoms with Gasteiger partial charge < -0.3 is 33.8 Å². The van der Waals surface area contributed by atoms with E-state index in [2.05, 4.69) is 88.5 Å². The van der Waals surface area contributed by atoms with E-state index in [4.69, 9.17) is 37.0 Å². The fourth-order valence-electron chi connectivity index (χ4n) is 9.82. The quantitative estimate of drug-likeness (QED) is 0.0169. The molecule has 0 aromatic carbocycles. The SMILES string of the molecule is CCC/C=C\C/C=C\CCCCCCCC(=O)OCC(COP(=O)(O)OCC(O)COP(=O)(O)OCC(COC(=O)CCCCCCC/C=C\CCCCCCCC)OC(=O)CCCCCCC/C=C\C/C=C\CCC)OC(=O)CCCCCCCCCCCCC. The molecule has 5 unspecified atom stereocenters. The van der Waals surface area contributed by atoms with Crippen molar-refractivity contribution in [3.63, 3.8) is 0 Å². The molecule has 0 aromatic rings. The zero-order valence-corrected chi connectivity index (χ0v) is 60.0. The summed E-state index contributed by atoms with van der Waals surface area (Å²) in [6.45, 7) is 4.72. The van der Waals surface area contributed by atoms with Crippen LogP contribution in [-0.4, -0.2) is 96.7 Å². The van der Waals surface area contributed by atoms with Gasteiger partial charge >= 0.3 is 39.5 Å². The first-order valence-electron chi connectivity index (χ1n) is 36.5. The van der Waals surface area contributed by atoms with E-state index in [1.807, 2.05) is 0 Å². The van der Waals surface area contributed by atoms with Gasteiger partial charge in [-0.2, -0.15) is 0 Å². The molecule has 0 bridgehead atoms. The number of rotatable bonds is 69. The molecule has 0 aliphatic heterocycles. The van der Waals surface area contributed by atoms with Crippen molar-refractivity contribution in [2.75, 3.05) is 39.6 Å². The van der Waals surface area contributed by atoms with Crippen LogP contribution < -0.4 is 0 Å². The van der Waals surface area contributed by atoms with E-state index in [-0.39, 0.29) is 25.7 Å². The van der Waals surface area contributed by atoms with Crippen LogP contribution in [0.5, 0.6) is 0 Å². The number of carbonyl (C=O) groups excluding carboxylic acids is 4. The largest absolute Gasteiger partial charge is 0.472 e. The highest BCUT2D eigenvalue weighted by Crippen LogP contribution is 2.45. The van der Waals surface area contributed by atoms with Crippen LogP contribution in [0, 0.1) is 0 Å². The maximum Gasteiger partial charge on any atom is 0.472 e. The third kappa shape index (κ3) is 65.4. The van der Waals surface area contributed by atoms with Gasteiger partial charge in [-0.15, -0.1) is 0 Å². The van der Waals surface area contributed by atoms with Gasteiger partial charge in [0.05, 0.1) is 26.4 Å². The third-order valence-corrected chi connectivity index (χ3v) is 17.3. The van der Waals surface area contributed by atoms with Gasteiger partial charge in [-0.05, 0) is 103 Å². The standard InChI is InChI=1S/C73H132O17P2/c1-5-9-13-17-21-25-29-32-33-36-39-42-46-50-54-58-71(76)84-64-69(90-73(78)60-56-52-48-44-40-35-31-27-23-19-15-11-7-3)66-88-92(81,82)86-62-67(74)61-85-91(79,80)87-65-68(89-72(77)59-55-51-47-43-37-28-24-20-16-12-8-4)63-83-70(75)57-53-49-45-41-38-34-30-26-22-18-14-10-6-2/h14-15,18-19,26-27,30-33,67-69,74H,5-13,16-17,20-25,28-29,34-66H2,1-4H3,(H,79,80)(H,81,82)/b18-14-,19-15-,30-26-,31-27-,33-32-. The Hall–Kier alpha value is -3.24. The molecule has 0 spiro atoms. The second kappa shape index (κ2) is 66.4. The summed E-state index contributed by atoms with van der Waals surface area (Å²) in [5.41, 5.74) is 0. The van der Waals surface area contributed by atoms with Crippen LogP contribution in [0.25, 0.3) is 0 Å². The number of esters is 4. The molecule has 0 saturated carbocycles. The van der Waals surface area contributed by atoms with Gasteiger partial charge in [-0.25, -0.2) is 9.13 Å². The third-order valence-electron chi connectivity index (χ3n) is 15.4. The number of aliphatic hydroxyl groups excluding tert-OH is 1. The molecule has 17 nitrogen and oxygen atoms in total. The smallest absolute Gasteiger partial charge is 0.462 e. The average Bonchev–Trinajstić information content (AvgIpc) is 2.25. The van der Waals surface area contributed by atoms with Crippen LogP contribution in [0.3, 0.4) is 0 Å². The lowest BCUT2D eigenvalue weighted by Gasteiger charge is -2.21. The molecule has 0 radical (unpaired) electrons. The fraction of sp³-hybridized carbons (Fsp3) is 0.808. The molecule has 0 aliphatic rings. The predicted octanol–water partition coefficient (Wildman–Crippen LogP) is 20.3. The predicted molar refractivity (Wildman–Crippen MR) is 372 cm³/mol. The minimum Gasteiger partial charge on any atom is -0.462 e. The van der Waals surface area contributed by atoms with Crippen LogP contribution in [0.2, 0.25) is 0 Å². The van der Waals surface area contributed by atoms with E-state index in [0.29, 0.717) is 25.7 Å². The van der Waals surface area contributed by atoms with Crippen molar-refractivity contribution >= 4 is 39.5 Å². The normalized spacial score (nSPS) is 14.4. The van der Waals surface area contributed by atoms with Gasteiger partial charge in [0.1, 0.15) is 19.3 Å². The summed E-state index contributed by atoms with van der Waals surface area (Å²) in [5.74, 6) is -2.19. The summed E-state index contributed by atoms with van der Waals surface area (Å²) >= 11 is 0. The number of hydrogen-bond acceptors (Lipinski definition) is 15. The summed E-state index contributed by atoms with van der Waals surface area (Å²) in [7, 11) is -9.93. The van der Waals surface area contributed by atoms with Crippen LogP contribution in [-0.2, 0) is 65.4 Å². The zero-order valence-electron chi connectivity index (χ0n) is 58.2. The lowest BCUT2D eigenvalue weighted by molar-refractivity contribution is -0.161. The number of carbonyl (C=O) groups is 4. The highest BCUT2D eigenvalue weighted by Gasteiger charge is 2.30. The van der Waals surface area contributed by atoms with Gasteiger partial charge in [-0.3, -0.25) is 37.3 Å². The highest BCUT2D eigenvalue weighted by atomic mass is 31.2. The van der Waals surface area contributed by atoms with Crippen LogP contribution in [0.15, 0.2) is 60.8 Å². The van der Waals surface area contributed by atoms with Crippen molar-refractivity contribution in [3.8, 4) is 0 Å². The molecule has 0 saturated heterocycles. The maximum atomic E-state index is 13.0. The van der Waals surface area contributed by atoms with E-state index in [1.165, 1.54) is 77.0 Å². The van der Waals surface area contributed by atoms with E-state index in [9.17, 15) is 43.2 Å². The molecule has 5 atom stereocenters. The molecule has 3 N–H and O–H groups in total. The number of phosphoric ester groups is 2. The van der Waals surface area contributed by atoms with Crippen molar-refractivity contribution in [3.05, 3.63) is 60.8 Å². The van der Waals surface area contributed by atoms with Gasteiger partial charge in [0.2, 0.25) is 0 Å². The summed E-state index contributed by atoms with van der Waals surface area (Å²) in [6, 6.07) is 0. The highest BCUT2D eigenvalue weighted by molar-refractivity contribution is 7.47. The zero-order chi connectivity index (χ0) is 67.5. The number of unbranched alkanes of at least 4 members (excludes halogenated alkanes) is 33. The molecule has 0 rings (SSSR count). The Labute approximate surface area is 559 Å². The first-order chi connectivity index (χ1) is 44.7. The minimum atomic E-state index is -4.97.